The Labute approximate surface area is 295 Å². The van der Waals surface area contributed by atoms with E-state index in [0.717, 1.165) is 93.0 Å². The van der Waals surface area contributed by atoms with E-state index in [1.807, 2.05) is 60.7 Å². The largest absolute Gasteiger partial charge is 0.456 e. The Morgan fingerprint density at radius 1 is 0.412 bits per heavy atom. The van der Waals surface area contributed by atoms with Crippen LogP contribution in [0.4, 0.5) is 17.1 Å². The maximum absolute atomic E-state index is 7.03. The van der Waals surface area contributed by atoms with Gasteiger partial charge in [-0.25, -0.2) is 0 Å². The van der Waals surface area contributed by atoms with Crippen molar-refractivity contribution >= 4 is 72.7 Å². The average Bonchev–Trinajstić information content (AvgIpc) is 3.92. The summed E-state index contributed by atoms with van der Waals surface area (Å²) < 4.78 is 19.6. The fourth-order valence-corrected chi connectivity index (χ4v) is 8.43. The summed E-state index contributed by atoms with van der Waals surface area (Å²) in [5.74, 6) is 0.934. The minimum Gasteiger partial charge on any atom is -0.456 e. The number of fused-ring (bicyclic) bond motifs is 8. The van der Waals surface area contributed by atoms with Gasteiger partial charge in [0.25, 0.3) is 0 Å². The average molecular weight is 676 g/mol. The van der Waals surface area contributed by atoms with Crippen LogP contribution in [0, 0.1) is 0 Å². The maximum Gasteiger partial charge on any atom is 0.248 e. The lowest BCUT2D eigenvalue weighted by atomic mass is 9.97. The number of aromatic nitrogens is 2. The number of furan rings is 2. The molecular formula is C44H25N3O3S. The topological polar surface area (TPSA) is 68.4 Å². The van der Waals surface area contributed by atoms with Gasteiger partial charge in [0.1, 0.15) is 16.7 Å². The van der Waals surface area contributed by atoms with Gasteiger partial charge in [-0.15, -0.1) is 10.2 Å². The zero-order chi connectivity index (χ0) is 33.5. The molecule has 0 saturated heterocycles. The van der Waals surface area contributed by atoms with Gasteiger partial charge in [0.05, 0.1) is 17.1 Å². The van der Waals surface area contributed by atoms with Crippen LogP contribution in [0.25, 0.3) is 77.9 Å². The summed E-state index contributed by atoms with van der Waals surface area (Å²) >= 11 is 1.76. The lowest BCUT2D eigenvalue weighted by molar-refractivity contribution is 0.585. The van der Waals surface area contributed by atoms with Crippen molar-refractivity contribution in [1.29, 1.82) is 0 Å². The first-order valence-corrected chi connectivity index (χ1v) is 17.6. The van der Waals surface area contributed by atoms with Gasteiger partial charge < -0.3 is 18.2 Å². The van der Waals surface area contributed by atoms with Gasteiger partial charge in [0.2, 0.25) is 11.8 Å². The van der Waals surface area contributed by atoms with Gasteiger partial charge in [0, 0.05) is 48.0 Å². The quantitative estimate of drug-likeness (QED) is 0.184. The number of benzene rings is 7. The molecule has 6 nitrogen and oxygen atoms in total. The van der Waals surface area contributed by atoms with Crippen molar-refractivity contribution in [2.45, 2.75) is 9.79 Å². The monoisotopic (exact) mass is 675 g/mol. The molecule has 10 aromatic rings. The maximum atomic E-state index is 7.03. The fraction of sp³-hybridized carbons (Fsp3) is 0. The van der Waals surface area contributed by atoms with Crippen LogP contribution in [-0.2, 0) is 0 Å². The third-order valence-corrected chi connectivity index (χ3v) is 10.8. The molecule has 0 atom stereocenters. The number of nitrogens with zero attached hydrogens (tertiary/aromatic N) is 3. The van der Waals surface area contributed by atoms with Crippen LogP contribution >= 0.6 is 11.8 Å². The second-order valence-electron chi connectivity index (χ2n) is 12.6. The van der Waals surface area contributed by atoms with E-state index in [0.29, 0.717) is 11.8 Å². The molecule has 0 aliphatic carbocycles. The highest BCUT2D eigenvalue weighted by Crippen LogP contribution is 2.55. The van der Waals surface area contributed by atoms with Gasteiger partial charge in [-0.1, -0.05) is 109 Å². The van der Waals surface area contributed by atoms with Crippen LogP contribution in [0.5, 0.6) is 0 Å². The molecule has 0 saturated carbocycles. The third-order valence-electron chi connectivity index (χ3n) is 9.66. The Kier molecular flexibility index (Phi) is 6.08. The third kappa shape index (κ3) is 4.32. The van der Waals surface area contributed by atoms with Crippen LogP contribution in [0.15, 0.2) is 175 Å². The molecular weight excluding hydrogens is 651 g/mol. The molecule has 0 unspecified atom stereocenters. The van der Waals surface area contributed by atoms with Gasteiger partial charge in [-0.05, 0) is 60.2 Å². The summed E-state index contributed by atoms with van der Waals surface area (Å²) in [6, 6.07) is 51.9. The highest BCUT2D eigenvalue weighted by molar-refractivity contribution is 7.99. The lowest BCUT2D eigenvalue weighted by Gasteiger charge is -2.32. The molecule has 0 bridgehead atoms. The summed E-state index contributed by atoms with van der Waals surface area (Å²) in [5, 5.41) is 13.1. The number of rotatable bonds is 4. The van der Waals surface area contributed by atoms with Crippen molar-refractivity contribution in [3.63, 3.8) is 0 Å². The predicted octanol–water partition coefficient (Wildman–Crippen LogP) is 12.8. The van der Waals surface area contributed by atoms with Crippen LogP contribution in [0.1, 0.15) is 0 Å². The van der Waals surface area contributed by atoms with Crippen LogP contribution < -0.4 is 4.90 Å². The lowest BCUT2D eigenvalue weighted by Crippen LogP contribution is -2.14. The van der Waals surface area contributed by atoms with Crippen molar-refractivity contribution in [2.24, 2.45) is 0 Å². The number of hydrogen-bond donors (Lipinski definition) is 0. The van der Waals surface area contributed by atoms with E-state index in [2.05, 4.69) is 106 Å². The second kappa shape index (κ2) is 11.0. The van der Waals surface area contributed by atoms with Crippen LogP contribution in [0.3, 0.4) is 0 Å². The first kappa shape index (κ1) is 28.3. The van der Waals surface area contributed by atoms with E-state index in [1.165, 1.54) is 0 Å². The fourth-order valence-electron chi connectivity index (χ4n) is 7.36. The van der Waals surface area contributed by atoms with Crippen molar-refractivity contribution in [2.75, 3.05) is 4.90 Å². The highest BCUT2D eigenvalue weighted by Gasteiger charge is 2.29. The van der Waals surface area contributed by atoms with Gasteiger partial charge >= 0.3 is 0 Å². The van der Waals surface area contributed by atoms with Crippen LogP contribution in [-0.4, -0.2) is 10.2 Å². The van der Waals surface area contributed by atoms with E-state index >= 15 is 0 Å². The zero-order valence-electron chi connectivity index (χ0n) is 26.9. The summed E-state index contributed by atoms with van der Waals surface area (Å²) in [7, 11) is 0. The molecule has 1 aliphatic heterocycles. The van der Waals surface area contributed by atoms with Crippen molar-refractivity contribution in [3.05, 3.63) is 152 Å². The van der Waals surface area contributed by atoms with E-state index in [4.69, 9.17) is 13.3 Å². The molecule has 1 aliphatic rings. The number of para-hydroxylation sites is 4. The molecule has 240 valence electrons. The molecule has 51 heavy (non-hydrogen) atoms. The van der Waals surface area contributed by atoms with E-state index < -0.39 is 0 Å². The standard InChI is InChI=1S/C44H25N3O3S/c1-2-12-26(13-3-1)43-45-46-44(50-43)32-16-5-4-14-27(32)29-17-10-18-30-31-19-11-21-35(42(31)49-41(29)30)47-34-20-7-9-23-39(34)51-40-25-38-33(24-36(40)47)28-15-6-8-22-37(28)48-38/h1-25H. The molecule has 4 heterocycles. The normalized spacial score (nSPS) is 12.6. The van der Waals surface area contributed by atoms with Crippen molar-refractivity contribution < 1.29 is 13.3 Å². The molecule has 0 amide bonds. The smallest absolute Gasteiger partial charge is 0.248 e. The molecule has 3 aromatic heterocycles. The second-order valence-corrected chi connectivity index (χ2v) is 13.7. The minimum atomic E-state index is 0.454. The highest BCUT2D eigenvalue weighted by atomic mass is 32.2. The number of anilines is 3. The minimum absolute atomic E-state index is 0.454. The molecule has 0 N–H and O–H groups in total. The summed E-state index contributed by atoms with van der Waals surface area (Å²) in [4.78, 5) is 4.62. The van der Waals surface area contributed by atoms with E-state index in [9.17, 15) is 0 Å². The summed E-state index contributed by atoms with van der Waals surface area (Å²) in [5.41, 5.74) is 10.1. The van der Waals surface area contributed by atoms with Crippen molar-refractivity contribution in [3.8, 4) is 34.0 Å². The molecule has 7 heteroatoms. The molecule has 0 spiro atoms. The van der Waals surface area contributed by atoms with Crippen molar-refractivity contribution in [1.82, 2.24) is 10.2 Å². The SMILES string of the molecule is c1ccc(-c2nnc(-c3ccccc3-c3cccc4c3oc3c(N5c6ccccc6Sc6cc7oc8ccccc8c7cc65)cccc34)o2)cc1. The predicted molar refractivity (Wildman–Crippen MR) is 204 cm³/mol. The first-order chi connectivity index (χ1) is 25.3. The molecule has 0 radical (unpaired) electrons. The van der Waals surface area contributed by atoms with Crippen LogP contribution in [0.2, 0.25) is 0 Å². The Morgan fingerprint density at radius 2 is 1.10 bits per heavy atom. The van der Waals surface area contributed by atoms with E-state index in [-0.39, 0.29) is 0 Å². The molecule has 11 rings (SSSR count). The Bertz CT molecular complexity index is 2980. The van der Waals surface area contributed by atoms with Gasteiger partial charge in [-0.3, -0.25) is 0 Å². The first-order valence-electron chi connectivity index (χ1n) is 16.7. The zero-order valence-corrected chi connectivity index (χ0v) is 27.7. The molecule has 7 aromatic carbocycles. The Balaban J connectivity index is 1.11. The Hall–Kier alpha value is -6.57. The summed E-state index contributed by atoms with van der Waals surface area (Å²) in [6.45, 7) is 0. The summed E-state index contributed by atoms with van der Waals surface area (Å²) in [6.07, 6.45) is 0. The van der Waals surface area contributed by atoms with E-state index in [1.54, 1.807) is 11.8 Å². The van der Waals surface area contributed by atoms with Gasteiger partial charge in [-0.2, -0.15) is 0 Å². The molecule has 0 fully saturated rings. The Morgan fingerprint density at radius 3 is 2.02 bits per heavy atom. The van der Waals surface area contributed by atoms with Gasteiger partial charge in [0.15, 0.2) is 5.58 Å². The number of hydrogen-bond acceptors (Lipinski definition) is 7.